The number of aliphatic hydroxyl groups excluding tert-OH is 1. The monoisotopic (exact) mass is 242 g/mol. The summed E-state index contributed by atoms with van der Waals surface area (Å²) < 4.78 is 0. The van der Waals surface area contributed by atoms with E-state index in [1.807, 2.05) is 37.6 Å². The van der Waals surface area contributed by atoms with E-state index in [1.54, 1.807) is 0 Å². The van der Waals surface area contributed by atoms with E-state index in [1.165, 1.54) is 0 Å². The molecule has 0 aliphatic heterocycles. The van der Waals surface area contributed by atoms with Gasteiger partial charge in [-0.15, -0.1) is 0 Å². The van der Waals surface area contributed by atoms with E-state index in [4.69, 9.17) is 0 Å². The summed E-state index contributed by atoms with van der Waals surface area (Å²) in [7, 11) is 1.91. The maximum Gasteiger partial charge on any atom is 0.239 e. The molecule has 4 nitrogen and oxygen atoms in total. The lowest BCUT2D eigenvalue weighted by Crippen LogP contribution is -2.47. The van der Waals surface area contributed by atoms with Gasteiger partial charge in [-0.2, -0.15) is 0 Å². The Balaban J connectivity index is 2.43. The van der Waals surface area contributed by atoms with Crippen molar-refractivity contribution >= 4 is 5.91 Å². The number of amides is 1. The minimum atomic E-state index is -0.271. The van der Waals surface area contributed by atoms with Gasteiger partial charge in [0.15, 0.2) is 0 Å². The van der Waals surface area contributed by atoms with E-state index >= 15 is 0 Å². The van der Waals surface area contributed by atoms with Crippen LogP contribution in [0.25, 0.3) is 0 Å². The first-order valence-electron chi connectivity index (χ1n) is 6.68. The van der Waals surface area contributed by atoms with Gasteiger partial charge in [0.05, 0.1) is 12.1 Å². The fourth-order valence-electron chi connectivity index (χ4n) is 2.07. The first-order chi connectivity index (χ1) is 8.01. The van der Waals surface area contributed by atoms with Crippen LogP contribution in [0, 0.1) is 5.92 Å². The Kier molecular flexibility index (Phi) is 5.40. The van der Waals surface area contributed by atoms with Gasteiger partial charge in [-0.1, -0.05) is 0 Å². The van der Waals surface area contributed by atoms with Gasteiger partial charge in [-0.3, -0.25) is 9.69 Å². The van der Waals surface area contributed by atoms with E-state index in [9.17, 15) is 9.90 Å². The lowest BCUT2D eigenvalue weighted by Gasteiger charge is -2.30. The van der Waals surface area contributed by atoms with E-state index in [0.717, 1.165) is 25.9 Å². The summed E-state index contributed by atoms with van der Waals surface area (Å²) in [5, 5.41) is 9.88. The molecule has 0 bridgehead atoms. The lowest BCUT2D eigenvalue weighted by atomic mass is 10.2. The Hall–Kier alpha value is -0.610. The highest BCUT2D eigenvalue weighted by Gasteiger charge is 2.32. The molecule has 0 aromatic rings. The van der Waals surface area contributed by atoms with Gasteiger partial charge in [0.1, 0.15) is 0 Å². The van der Waals surface area contributed by atoms with Crippen molar-refractivity contribution in [2.24, 2.45) is 5.92 Å². The van der Waals surface area contributed by atoms with Crippen molar-refractivity contribution in [3.8, 4) is 0 Å². The van der Waals surface area contributed by atoms with Crippen molar-refractivity contribution in [3.05, 3.63) is 0 Å². The zero-order valence-electron chi connectivity index (χ0n) is 11.5. The fourth-order valence-corrected chi connectivity index (χ4v) is 2.07. The van der Waals surface area contributed by atoms with Gasteiger partial charge >= 0.3 is 0 Å². The molecule has 1 rings (SSSR count). The molecule has 0 aromatic heterocycles. The van der Waals surface area contributed by atoms with Crippen LogP contribution in [0.5, 0.6) is 0 Å². The highest BCUT2D eigenvalue weighted by Crippen LogP contribution is 2.32. The van der Waals surface area contributed by atoms with Gasteiger partial charge in [-0.25, -0.2) is 0 Å². The predicted molar refractivity (Wildman–Crippen MR) is 68.8 cm³/mol. The first-order valence-corrected chi connectivity index (χ1v) is 6.68. The summed E-state index contributed by atoms with van der Waals surface area (Å²) in [6.45, 7) is 8.00. The van der Waals surface area contributed by atoms with E-state index < -0.39 is 0 Å². The molecule has 1 aliphatic rings. The summed E-state index contributed by atoms with van der Waals surface area (Å²) in [6.07, 6.45) is 1.99. The van der Waals surface area contributed by atoms with Crippen molar-refractivity contribution in [1.29, 1.82) is 0 Å². The van der Waals surface area contributed by atoms with Crippen LogP contribution < -0.4 is 0 Å². The van der Waals surface area contributed by atoms with E-state index in [2.05, 4.69) is 0 Å². The Morgan fingerprint density at radius 3 is 2.29 bits per heavy atom. The summed E-state index contributed by atoms with van der Waals surface area (Å²) in [4.78, 5) is 15.9. The summed E-state index contributed by atoms with van der Waals surface area (Å²) in [5.41, 5.74) is 0. The second-order valence-electron chi connectivity index (χ2n) is 5.03. The van der Waals surface area contributed by atoms with Crippen molar-refractivity contribution < 1.29 is 9.90 Å². The maximum atomic E-state index is 12.1. The van der Waals surface area contributed by atoms with Crippen LogP contribution in [0.1, 0.15) is 33.6 Å². The number of likely N-dealkylation sites (N-methyl/N-ethyl adjacent to an activating group) is 2. The normalized spacial score (nSPS) is 19.2. The molecule has 4 heteroatoms. The fraction of sp³-hybridized carbons (Fsp3) is 0.923. The number of carbonyl (C=O) groups excluding carboxylic acids is 1. The Labute approximate surface area is 105 Å². The Bertz CT molecular complexity index is 250. The molecule has 17 heavy (non-hydrogen) atoms. The van der Waals surface area contributed by atoms with Crippen molar-refractivity contribution in [2.75, 3.05) is 26.7 Å². The molecule has 100 valence electrons. The number of hydrogen-bond donors (Lipinski definition) is 1. The van der Waals surface area contributed by atoms with Crippen LogP contribution in [0.3, 0.4) is 0 Å². The predicted octanol–water partition coefficient (Wildman–Crippen LogP) is 0.946. The standard InChI is InChI=1S/C13H26N2O2/c1-5-15(6-2)13(17)10(3)14(4)9-12(16)11-7-8-11/h10-12,16H,5-9H2,1-4H3. The third-order valence-corrected chi connectivity index (χ3v) is 3.73. The number of aliphatic hydroxyl groups is 1. The largest absolute Gasteiger partial charge is 0.392 e. The molecule has 1 saturated carbocycles. The van der Waals surface area contributed by atoms with Crippen molar-refractivity contribution in [3.63, 3.8) is 0 Å². The zero-order chi connectivity index (χ0) is 13.0. The molecular weight excluding hydrogens is 216 g/mol. The third-order valence-electron chi connectivity index (χ3n) is 3.73. The quantitative estimate of drug-likeness (QED) is 0.723. The van der Waals surface area contributed by atoms with Gasteiger partial charge in [0.25, 0.3) is 0 Å². The highest BCUT2D eigenvalue weighted by atomic mass is 16.3. The lowest BCUT2D eigenvalue weighted by molar-refractivity contribution is -0.136. The molecule has 2 unspecified atom stereocenters. The van der Waals surface area contributed by atoms with Crippen LogP contribution in [0.2, 0.25) is 0 Å². The molecule has 1 N–H and O–H groups in total. The molecule has 1 amide bonds. The van der Waals surface area contributed by atoms with Gasteiger partial charge in [0, 0.05) is 19.6 Å². The minimum absolute atomic E-state index is 0.150. The smallest absolute Gasteiger partial charge is 0.239 e. The summed E-state index contributed by atoms with van der Waals surface area (Å²) >= 11 is 0. The SMILES string of the molecule is CCN(CC)C(=O)C(C)N(C)CC(O)C1CC1. The number of carbonyl (C=O) groups is 1. The van der Waals surface area contributed by atoms with Crippen molar-refractivity contribution in [2.45, 2.75) is 45.8 Å². The molecule has 0 saturated heterocycles. The average Bonchev–Trinajstić information content (AvgIpc) is 3.13. The molecule has 0 spiro atoms. The van der Waals surface area contributed by atoms with Crippen LogP contribution in [-0.4, -0.2) is 59.6 Å². The van der Waals surface area contributed by atoms with Crippen LogP contribution in [-0.2, 0) is 4.79 Å². The third kappa shape index (κ3) is 3.96. The topological polar surface area (TPSA) is 43.8 Å². The average molecular weight is 242 g/mol. The molecule has 1 aliphatic carbocycles. The second kappa shape index (κ2) is 6.36. The summed E-state index contributed by atoms with van der Waals surface area (Å²) in [5.74, 6) is 0.619. The molecular formula is C13H26N2O2. The molecule has 0 heterocycles. The molecule has 0 aromatic carbocycles. The zero-order valence-corrected chi connectivity index (χ0v) is 11.5. The van der Waals surface area contributed by atoms with Crippen LogP contribution in [0.4, 0.5) is 0 Å². The number of rotatable bonds is 7. The maximum absolute atomic E-state index is 12.1. The summed E-state index contributed by atoms with van der Waals surface area (Å²) in [6, 6.07) is -0.150. The van der Waals surface area contributed by atoms with Crippen LogP contribution >= 0.6 is 0 Å². The van der Waals surface area contributed by atoms with Crippen LogP contribution in [0.15, 0.2) is 0 Å². The Morgan fingerprint density at radius 2 is 1.88 bits per heavy atom. The number of nitrogens with zero attached hydrogens (tertiary/aromatic N) is 2. The van der Waals surface area contributed by atoms with Gasteiger partial charge < -0.3 is 10.0 Å². The van der Waals surface area contributed by atoms with E-state index in [0.29, 0.717) is 12.5 Å². The van der Waals surface area contributed by atoms with E-state index in [-0.39, 0.29) is 18.1 Å². The second-order valence-corrected chi connectivity index (χ2v) is 5.03. The van der Waals surface area contributed by atoms with Gasteiger partial charge in [0.2, 0.25) is 5.91 Å². The molecule has 2 atom stereocenters. The number of hydrogen-bond acceptors (Lipinski definition) is 3. The molecule has 1 fully saturated rings. The Morgan fingerprint density at radius 1 is 1.35 bits per heavy atom. The van der Waals surface area contributed by atoms with Crippen molar-refractivity contribution in [1.82, 2.24) is 9.80 Å². The molecule has 0 radical (unpaired) electrons. The highest BCUT2D eigenvalue weighted by molar-refractivity contribution is 5.81. The van der Waals surface area contributed by atoms with Gasteiger partial charge in [-0.05, 0) is 46.6 Å². The minimum Gasteiger partial charge on any atom is -0.392 e. The first kappa shape index (κ1) is 14.5.